The number of hydrogen-bond acceptors (Lipinski definition) is 1. The number of nitrogens with zero attached hydrogens (tertiary/aromatic N) is 1. The summed E-state index contributed by atoms with van der Waals surface area (Å²) in [6.07, 6.45) is 7.07. The van der Waals surface area contributed by atoms with E-state index in [0.717, 1.165) is 18.3 Å². The molecule has 0 aliphatic heterocycles. The standard InChI is InChI=1S/C17H33N/c1-7-16(10-9-14(3)4)13-15(5)17(6,8-2)11-12-18/h14-16H,7-11,13H2,1-6H3. The van der Waals surface area contributed by atoms with Gasteiger partial charge in [-0.1, -0.05) is 60.8 Å². The molecule has 0 rings (SSSR count). The monoisotopic (exact) mass is 251 g/mol. The first-order chi connectivity index (χ1) is 8.39. The van der Waals surface area contributed by atoms with E-state index in [2.05, 4.69) is 47.6 Å². The summed E-state index contributed by atoms with van der Waals surface area (Å²) >= 11 is 0. The zero-order chi connectivity index (χ0) is 14.2. The average Bonchev–Trinajstić information content (AvgIpc) is 2.33. The van der Waals surface area contributed by atoms with Crippen molar-refractivity contribution in [3.63, 3.8) is 0 Å². The molecule has 0 aromatic carbocycles. The maximum absolute atomic E-state index is 9.00. The molecule has 1 heteroatoms. The lowest BCUT2D eigenvalue weighted by atomic mass is 9.69. The van der Waals surface area contributed by atoms with Crippen LogP contribution in [0.1, 0.15) is 80.1 Å². The fourth-order valence-corrected chi connectivity index (χ4v) is 2.67. The Morgan fingerprint density at radius 1 is 1.11 bits per heavy atom. The molecule has 0 N–H and O–H groups in total. The first-order valence-corrected chi connectivity index (χ1v) is 7.76. The van der Waals surface area contributed by atoms with Crippen molar-refractivity contribution in [2.24, 2.45) is 23.2 Å². The highest BCUT2D eigenvalue weighted by molar-refractivity contribution is 4.88. The van der Waals surface area contributed by atoms with Crippen molar-refractivity contribution in [3.8, 4) is 6.07 Å². The van der Waals surface area contributed by atoms with Gasteiger partial charge in [-0.05, 0) is 36.0 Å². The Morgan fingerprint density at radius 3 is 2.11 bits per heavy atom. The summed E-state index contributed by atoms with van der Waals surface area (Å²) in [4.78, 5) is 0. The molecule has 0 radical (unpaired) electrons. The van der Waals surface area contributed by atoms with E-state index in [-0.39, 0.29) is 5.41 Å². The van der Waals surface area contributed by atoms with E-state index in [9.17, 15) is 0 Å². The molecular formula is C17H33N. The third-order valence-corrected chi connectivity index (χ3v) is 4.90. The minimum atomic E-state index is 0.208. The van der Waals surface area contributed by atoms with Gasteiger partial charge in [0.25, 0.3) is 0 Å². The van der Waals surface area contributed by atoms with Crippen molar-refractivity contribution in [2.75, 3.05) is 0 Å². The van der Waals surface area contributed by atoms with Crippen LogP contribution in [0.4, 0.5) is 0 Å². The van der Waals surface area contributed by atoms with Gasteiger partial charge >= 0.3 is 0 Å². The molecule has 0 heterocycles. The zero-order valence-electron chi connectivity index (χ0n) is 13.4. The molecule has 106 valence electrons. The molecule has 18 heavy (non-hydrogen) atoms. The Morgan fingerprint density at radius 2 is 1.72 bits per heavy atom. The predicted octanol–water partition coefficient (Wildman–Crippen LogP) is 5.80. The maximum atomic E-state index is 9.00. The van der Waals surface area contributed by atoms with E-state index < -0.39 is 0 Å². The molecule has 0 aromatic heterocycles. The van der Waals surface area contributed by atoms with Crippen molar-refractivity contribution < 1.29 is 0 Å². The predicted molar refractivity (Wildman–Crippen MR) is 80.3 cm³/mol. The van der Waals surface area contributed by atoms with E-state index in [1.165, 1.54) is 25.7 Å². The van der Waals surface area contributed by atoms with Crippen molar-refractivity contribution in [3.05, 3.63) is 0 Å². The van der Waals surface area contributed by atoms with Crippen LogP contribution in [0.5, 0.6) is 0 Å². The third kappa shape index (κ3) is 5.89. The minimum absolute atomic E-state index is 0.208. The minimum Gasteiger partial charge on any atom is -0.198 e. The van der Waals surface area contributed by atoms with E-state index in [0.29, 0.717) is 12.3 Å². The van der Waals surface area contributed by atoms with E-state index >= 15 is 0 Å². The molecule has 3 unspecified atom stereocenters. The molecule has 0 fully saturated rings. The number of nitriles is 1. The van der Waals surface area contributed by atoms with E-state index in [1.807, 2.05) is 0 Å². The molecule has 1 nitrogen and oxygen atoms in total. The van der Waals surface area contributed by atoms with Crippen LogP contribution >= 0.6 is 0 Å². The van der Waals surface area contributed by atoms with Crippen LogP contribution in [0, 0.1) is 34.5 Å². The number of hydrogen-bond donors (Lipinski definition) is 0. The second-order valence-electron chi connectivity index (χ2n) is 6.72. The lowest BCUT2D eigenvalue weighted by Crippen LogP contribution is -2.26. The Hall–Kier alpha value is -0.510. The van der Waals surface area contributed by atoms with Crippen LogP contribution < -0.4 is 0 Å². The van der Waals surface area contributed by atoms with Crippen LogP contribution in [0.15, 0.2) is 0 Å². The Kier molecular flexibility index (Phi) is 8.32. The maximum Gasteiger partial charge on any atom is 0.0627 e. The molecule has 0 bridgehead atoms. The highest BCUT2D eigenvalue weighted by Crippen LogP contribution is 2.39. The SMILES string of the molecule is CCC(CCC(C)C)CC(C)C(C)(CC)CC#N. The Balaban J connectivity index is 4.40. The van der Waals surface area contributed by atoms with Gasteiger partial charge < -0.3 is 0 Å². The second kappa shape index (κ2) is 8.57. The second-order valence-corrected chi connectivity index (χ2v) is 6.72. The highest BCUT2D eigenvalue weighted by Gasteiger charge is 2.30. The van der Waals surface area contributed by atoms with Gasteiger partial charge in [-0.25, -0.2) is 0 Å². The van der Waals surface area contributed by atoms with Gasteiger partial charge in [0.2, 0.25) is 0 Å². The summed E-state index contributed by atoms with van der Waals surface area (Å²) in [5.74, 6) is 2.30. The van der Waals surface area contributed by atoms with Crippen molar-refractivity contribution >= 4 is 0 Å². The first-order valence-electron chi connectivity index (χ1n) is 7.76. The molecule has 0 aliphatic carbocycles. The van der Waals surface area contributed by atoms with E-state index in [4.69, 9.17) is 5.26 Å². The summed E-state index contributed by atoms with van der Waals surface area (Å²) in [6, 6.07) is 2.38. The van der Waals surface area contributed by atoms with Crippen molar-refractivity contribution in [1.29, 1.82) is 5.26 Å². The Labute approximate surface area is 115 Å². The smallest absolute Gasteiger partial charge is 0.0627 e. The van der Waals surface area contributed by atoms with Gasteiger partial charge in [0.1, 0.15) is 0 Å². The van der Waals surface area contributed by atoms with Crippen LogP contribution in [0.25, 0.3) is 0 Å². The van der Waals surface area contributed by atoms with Crippen molar-refractivity contribution in [1.82, 2.24) is 0 Å². The molecule has 0 saturated carbocycles. The normalized spacial score (nSPS) is 18.1. The van der Waals surface area contributed by atoms with Gasteiger partial charge in [0.15, 0.2) is 0 Å². The molecule has 0 amide bonds. The number of rotatable bonds is 9. The van der Waals surface area contributed by atoms with E-state index in [1.54, 1.807) is 0 Å². The lowest BCUT2D eigenvalue weighted by Gasteiger charge is -2.35. The van der Waals surface area contributed by atoms with Crippen LogP contribution in [-0.2, 0) is 0 Å². The van der Waals surface area contributed by atoms with Crippen molar-refractivity contribution in [2.45, 2.75) is 80.1 Å². The molecule has 0 aliphatic rings. The molecule has 0 saturated heterocycles. The zero-order valence-corrected chi connectivity index (χ0v) is 13.4. The van der Waals surface area contributed by atoms with Gasteiger partial charge in [-0.2, -0.15) is 5.26 Å². The summed E-state index contributed by atoms with van der Waals surface area (Å²) in [7, 11) is 0. The van der Waals surface area contributed by atoms with Gasteiger partial charge in [0, 0.05) is 6.42 Å². The summed E-state index contributed by atoms with van der Waals surface area (Å²) in [5, 5.41) is 9.00. The Bertz CT molecular complexity index is 251. The fourth-order valence-electron chi connectivity index (χ4n) is 2.67. The van der Waals surface area contributed by atoms with Gasteiger partial charge in [-0.15, -0.1) is 0 Å². The first kappa shape index (κ1) is 17.5. The average molecular weight is 251 g/mol. The van der Waals surface area contributed by atoms with Gasteiger partial charge in [-0.3, -0.25) is 0 Å². The topological polar surface area (TPSA) is 23.8 Å². The largest absolute Gasteiger partial charge is 0.198 e. The highest BCUT2D eigenvalue weighted by atomic mass is 14.4. The molecule has 0 aromatic rings. The third-order valence-electron chi connectivity index (χ3n) is 4.90. The summed E-state index contributed by atoms with van der Waals surface area (Å²) in [5.41, 5.74) is 0.208. The van der Waals surface area contributed by atoms with Gasteiger partial charge in [0.05, 0.1) is 6.07 Å². The van der Waals surface area contributed by atoms with Crippen LogP contribution in [-0.4, -0.2) is 0 Å². The quantitative estimate of drug-likeness (QED) is 0.507. The molecular weight excluding hydrogens is 218 g/mol. The summed E-state index contributed by atoms with van der Waals surface area (Å²) < 4.78 is 0. The fraction of sp³-hybridized carbons (Fsp3) is 0.941. The van der Waals surface area contributed by atoms with Crippen LogP contribution in [0.3, 0.4) is 0 Å². The molecule has 0 spiro atoms. The van der Waals surface area contributed by atoms with Crippen LogP contribution in [0.2, 0.25) is 0 Å². The molecule has 3 atom stereocenters. The summed E-state index contributed by atoms with van der Waals surface area (Å²) in [6.45, 7) is 13.8. The lowest BCUT2D eigenvalue weighted by molar-refractivity contribution is 0.158.